The van der Waals surface area contributed by atoms with Crippen LogP contribution in [-0.4, -0.2) is 20.2 Å². The van der Waals surface area contributed by atoms with Crippen molar-refractivity contribution in [3.63, 3.8) is 0 Å². The maximum Gasteiger partial charge on any atom is 0.122 e. The lowest BCUT2D eigenvalue weighted by Crippen LogP contribution is -2.24. The smallest absolute Gasteiger partial charge is 0.122 e. The SMILES string of the molecule is CNCCC(C)(C)c1ccc2c(c1)CCCO2. The summed E-state index contributed by atoms with van der Waals surface area (Å²) in [6, 6.07) is 6.70. The lowest BCUT2D eigenvalue weighted by Gasteiger charge is -2.27. The Hall–Kier alpha value is -1.02. The highest BCUT2D eigenvalue weighted by atomic mass is 16.5. The largest absolute Gasteiger partial charge is 0.493 e. The van der Waals surface area contributed by atoms with Crippen molar-refractivity contribution >= 4 is 0 Å². The highest BCUT2D eigenvalue weighted by Crippen LogP contribution is 2.32. The molecule has 0 fully saturated rings. The molecule has 0 unspecified atom stereocenters. The summed E-state index contributed by atoms with van der Waals surface area (Å²) < 4.78 is 5.66. The Bertz CT molecular complexity index is 385. The number of fused-ring (bicyclic) bond motifs is 1. The number of ether oxygens (including phenoxy) is 1. The summed E-state index contributed by atoms with van der Waals surface area (Å²) in [6.45, 7) is 6.56. The molecule has 17 heavy (non-hydrogen) atoms. The van der Waals surface area contributed by atoms with Gasteiger partial charge in [-0.15, -0.1) is 0 Å². The third-order valence-electron chi connectivity index (χ3n) is 3.69. The standard InChI is InChI=1S/C15H23NO/c1-15(2,8-9-16-3)13-6-7-14-12(11-13)5-4-10-17-14/h6-7,11,16H,4-5,8-10H2,1-3H3. The molecule has 0 spiro atoms. The quantitative estimate of drug-likeness (QED) is 0.863. The van der Waals surface area contributed by atoms with E-state index in [-0.39, 0.29) is 5.41 Å². The second kappa shape index (κ2) is 5.09. The monoisotopic (exact) mass is 233 g/mol. The minimum absolute atomic E-state index is 0.232. The van der Waals surface area contributed by atoms with Crippen LogP contribution >= 0.6 is 0 Å². The fourth-order valence-electron chi connectivity index (χ4n) is 2.36. The van der Waals surface area contributed by atoms with Crippen LogP contribution in [0.5, 0.6) is 5.75 Å². The van der Waals surface area contributed by atoms with Gasteiger partial charge in [-0.3, -0.25) is 0 Å². The van der Waals surface area contributed by atoms with Crippen LogP contribution in [0.4, 0.5) is 0 Å². The van der Waals surface area contributed by atoms with Gasteiger partial charge >= 0.3 is 0 Å². The Labute approximate surface area is 104 Å². The van der Waals surface area contributed by atoms with E-state index in [9.17, 15) is 0 Å². The van der Waals surface area contributed by atoms with Crippen LogP contribution in [0.2, 0.25) is 0 Å². The topological polar surface area (TPSA) is 21.3 Å². The minimum atomic E-state index is 0.232. The fourth-order valence-corrected chi connectivity index (χ4v) is 2.36. The van der Waals surface area contributed by atoms with Gasteiger partial charge < -0.3 is 10.1 Å². The van der Waals surface area contributed by atoms with Crippen molar-refractivity contribution in [3.05, 3.63) is 29.3 Å². The lowest BCUT2D eigenvalue weighted by atomic mass is 9.80. The van der Waals surface area contributed by atoms with Crippen molar-refractivity contribution in [1.29, 1.82) is 0 Å². The Morgan fingerprint density at radius 2 is 2.18 bits per heavy atom. The van der Waals surface area contributed by atoms with E-state index in [1.807, 2.05) is 7.05 Å². The molecule has 2 heteroatoms. The minimum Gasteiger partial charge on any atom is -0.493 e. The summed E-state index contributed by atoms with van der Waals surface area (Å²) in [7, 11) is 2.01. The van der Waals surface area contributed by atoms with Crippen LogP contribution in [0.3, 0.4) is 0 Å². The van der Waals surface area contributed by atoms with Crippen LogP contribution in [0.25, 0.3) is 0 Å². The van der Waals surface area contributed by atoms with Gasteiger partial charge in [-0.05, 0) is 55.5 Å². The molecule has 0 amide bonds. The van der Waals surface area contributed by atoms with Crippen molar-refractivity contribution in [2.24, 2.45) is 0 Å². The zero-order valence-electron chi connectivity index (χ0n) is 11.2. The van der Waals surface area contributed by atoms with Gasteiger partial charge in [0.25, 0.3) is 0 Å². The molecule has 0 saturated carbocycles. The van der Waals surface area contributed by atoms with E-state index in [2.05, 4.69) is 37.4 Å². The molecular weight excluding hydrogens is 210 g/mol. The van der Waals surface area contributed by atoms with Crippen molar-refractivity contribution in [3.8, 4) is 5.75 Å². The zero-order chi connectivity index (χ0) is 12.3. The fraction of sp³-hybridized carbons (Fsp3) is 0.600. The van der Waals surface area contributed by atoms with E-state index in [4.69, 9.17) is 4.74 Å². The molecule has 0 radical (unpaired) electrons. The van der Waals surface area contributed by atoms with Crippen molar-refractivity contribution in [2.75, 3.05) is 20.2 Å². The second-order valence-corrected chi connectivity index (χ2v) is 5.51. The van der Waals surface area contributed by atoms with E-state index in [1.54, 1.807) is 0 Å². The summed E-state index contributed by atoms with van der Waals surface area (Å²) in [5, 5.41) is 3.23. The molecule has 0 aromatic heterocycles. The second-order valence-electron chi connectivity index (χ2n) is 5.51. The lowest BCUT2D eigenvalue weighted by molar-refractivity contribution is 0.288. The number of aryl methyl sites for hydroxylation is 1. The van der Waals surface area contributed by atoms with E-state index in [0.29, 0.717) is 0 Å². The summed E-state index contributed by atoms with van der Waals surface area (Å²) >= 11 is 0. The third-order valence-corrected chi connectivity index (χ3v) is 3.69. The number of hydrogen-bond donors (Lipinski definition) is 1. The predicted octanol–water partition coefficient (Wildman–Crippen LogP) is 2.90. The van der Waals surface area contributed by atoms with Crippen LogP contribution in [0.1, 0.15) is 37.8 Å². The van der Waals surface area contributed by atoms with E-state index < -0.39 is 0 Å². The molecule has 94 valence electrons. The Morgan fingerprint density at radius 3 is 2.94 bits per heavy atom. The number of rotatable bonds is 4. The summed E-state index contributed by atoms with van der Waals surface area (Å²) in [4.78, 5) is 0. The maximum atomic E-state index is 5.66. The first-order valence-electron chi connectivity index (χ1n) is 6.54. The predicted molar refractivity (Wildman–Crippen MR) is 71.8 cm³/mol. The van der Waals surface area contributed by atoms with Crippen LogP contribution in [0.15, 0.2) is 18.2 Å². The van der Waals surface area contributed by atoms with Crippen LogP contribution in [-0.2, 0) is 11.8 Å². The molecule has 1 aromatic carbocycles. The van der Waals surface area contributed by atoms with Crippen molar-refractivity contribution < 1.29 is 4.74 Å². The van der Waals surface area contributed by atoms with Gasteiger partial charge in [-0.25, -0.2) is 0 Å². The summed E-state index contributed by atoms with van der Waals surface area (Å²) in [6.07, 6.45) is 3.46. The average Bonchev–Trinajstić information content (AvgIpc) is 2.36. The van der Waals surface area contributed by atoms with Gasteiger partial charge in [0.1, 0.15) is 5.75 Å². The number of benzene rings is 1. The van der Waals surface area contributed by atoms with E-state index >= 15 is 0 Å². The summed E-state index contributed by atoms with van der Waals surface area (Å²) in [5.41, 5.74) is 3.04. The molecule has 1 N–H and O–H groups in total. The normalized spacial score (nSPS) is 15.2. The van der Waals surface area contributed by atoms with Gasteiger partial charge in [-0.1, -0.05) is 26.0 Å². The molecule has 1 aromatic rings. The Balaban J connectivity index is 2.20. The Morgan fingerprint density at radius 1 is 1.35 bits per heavy atom. The molecule has 1 heterocycles. The van der Waals surface area contributed by atoms with Crippen LogP contribution < -0.4 is 10.1 Å². The molecule has 2 rings (SSSR count). The zero-order valence-corrected chi connectivity index (χ0v) is 11.2. The molecule has 0 saturated heterocycles. The van der Waals surface area contributed by atoms with Gasteiger partial charge in [0.15, 0.2) is 0 Å². The van der Waals surface area contributed by atoms with E-state index in [0.717, 1.165) is 38.2 Å². The van der Waals surface area contributed by atoms with E-state index in [1.165, 1.54) is 11.1 Å². The molecular formula is C15H23NO. The maximum absolute atomic E-state index is 5.66. The highest BCUT2D eigenvalue weighted by molar-refractivity contribution is 5.40. The van der Waals surface area contributed by atoms with Crippen molar-refractivity contribution in [2.45, 2.75) is 38.5 Å². The van der Waals surface area contributed by atoms with Crippen molar-refractivity contribution in [1.82, 2.24) is 5.32 Å². The van der Waals surface area contributed by atoms with Crippen LogP contribution in [0, 0.1) is 0 Å². The summed E-state index contributed by atoms with van der Waals surface area (Å²) in [5.74, 6) is 1.09. The molecule has 0 aliphatic carbocycles. The first-order chi connectivity index (χ1) is 8.13. The third kappa shape index (κ3) is 2.81. The van der Waals surface area contributed by atoms with Gasteiger partial charge in [0.2, 0.25) is 0 Å². The van der Waals surface area contributed by atoms with Gasteiger partial charge in [0, 0.05) is 0 Å². The number of nitrogens with one attached hydrogen (secondary N) is 1. The highest BCUT2D eigenvalue weighted by Gasteiger charge is 2.22. The first kappa shape index (κ1) is 12.4. The first-order valence-corrected chi connectivity index (χ1v) is 6.54. The molecule has 0 bridgehead atoms. The van der Waals surface area contributed by atoms with Gasteiger partial charge in [0.05, 0.1) is 6.61 Å². The average molecular weight is 233 g/mol. The Kier molecular flexibility index (Phi) is 3.72. The molecule has 0 atom stereocenters. The number of hydrogen-bond acceptors (Lipinski definition) is 2. The molecule has 1 aliphatic heterocycles. The molecule has 2 nitrogen and oxygen atoms in total. The van der Waals surface area contributed by atoms with Gasteiger partial charge in [-0.2, -0.15) is 0 Å². The molecule has 1 aliphatic rings.